The van der Waals surface area contributed by atoms with Crippen LogP contribution < -0.4 is 0 Å². The van der Waals surface area contributed by atoms with Crippen LogP contribution in [0, 0.1) is 0 Å². The molecule has 2 nitrogen and oxygen atoms in total. The Bertz CT molecular complexity index is 311. The highest BCUT2D eigenvalue weighted by Gasteiger charge is 2.28. The van der Waals surface area contributed by atoms with Gasteiger partial charge in [-0.05, 0) is 23.3 Å². The quantitative estimate of drug-likeness (QED) is 0.638. The lowest BCUT2D eigenvalue weighted by Crippen LogP contribution is -2.11. The molecule has 2 rings (SSSR count). The van der Waals surface area contributed by atoms with Gasteiger partial charge in [0, 0.05) is 11.4 Å². The molecule has 0 saturated carbocycles. The standard InChI is InChI=1S/C9H9ClO2/c10-6-2-1-5-3-8(11)9(12)7(5)4-6/h1-2,4,8-9,11-12H,3H2/t8-,9+/m1/s1. The normalized spacial score (nSPS) is 27.2. The molecule has 0 aromatic heterocycles. The van der Waals surface area contributed by atoms with Crippen molar-refractivity contribution in [3.63, 3.8) is 0 Å². The molecule has 0 saturated heterocycles. The van der Waals surface area contributed by atoms with E-state index in [4.69, 9.17) is 11.6 Å². The maximum atomic E-state index is 9.47. The molecule has 1 aliphatic carbocycles. The van der Waals surface area contributed by atoms with Gasteiger partial charge in [0.15, 0.2) is 0 Å². The number of aliphatic hydroxyl groups excluding tert-OH is 2. The lowest BCUT2D eigenvalue weighted by atomic mass is 10.1. The Kier molecular flexibility index (Phi) is 1.83. The molecule has 1 aliphatic rings. The van der Waals surface area contributed by atoms with Crippen molar-refractivity contribution in [1.82, 2.24) is 0 Å². The minimum atomic E-state index is -0.765. The molecule has 0 unspecified atom stereocenters. The summed E-state index contributed by atoms with van der Waals surface area (Å²) in [5.74, 6) is 0. The summed E-state index contributed by atoms with van der Waals surface area (Å²) in [6.45, 7) is 0. The Hall–Kier alpha value is -0.570. The van der Waals surface area contributed by atoms with Crippen molar-refractivity contribution in [1.29, 1.82) is 0 Å². The zero-order chi connectivity index (χ0) is 8.72. The third-order valence-corrected chi connectivity index (χ3v) is 2.46. The van der Waals surface area contributed by atoms with E-state index in [1.165, 1.54) is 0 Å². The first-order chi connectivity index (χ1) is 5.68. The second-order valence-corrected chi connectivity index (χ2v) is 3.50. The van der Waals surface area contributed by atoms with Gasteiger partial charge in [0.1, 0.15) is 6.10 Å². The van der Waals surface area contributed by atoms with E-state index in [9.17, 15) is 10.2 Å². The van der Waals surface area contributed by atoms with Crippen LogP contribution in [-0.4, -0.2) is 16.3 Å². The number of fused-ring (bicyclic) bond motifs is 1. The minimum absolute atomic E-state index is 0.521. The SMILES string of the molecule is O[C@@H]1Cc2ccc(Cl)cc2[C@@H]1O. The van der Waals surface area contributed by atoms with Gasteiger partial charge in [-0.1, -0.05) is 17.7 Å². The molecule has 0 fully saturated rings. The fourth-order valence-corrected chi connectivity index (χ4v) is 1.75. The molecular weight excluding hydrogens is 176 g/mol. The van der Waals surface area contributed by atoms with Crippen molar-refractivity contribution in [3.8, 4) is 0 Å². The fourth-order valence-electron chi connectivity index (χ4n) is 1.57. The summed E-state index contributed by atoms with van der Waals surface area (Å²) in [4.78, 5) is 0. The van der Waals surface area contributed by atoms with Gasteiger partial charge in [0.2, 0.25) is 0 Å². The van der Waals surface area contributed by atoms with Gasteiger partial charge in [-0.15, -0.1) is 0 Å². The smallest absolute Gasteiger partial charge is 0.105 e. The predicted molar refractivity (Wildman–Crippen MR) is 46.1 cm³/mol. The Balaban J connectivity index is 2.48. The van der Waals surface area contributed by atoms with Gasteiger partial charge in [0.05, 0.1) is 6.10 Å². The molecule has 2 N–H and O–H groups in total. The van der Waals surface area contributed by atoms with E-state index in [-0.39, 0.29) is 0 Å². The topological polar surface area (TPSA) is 40.5 Å². The number of rotatable bonds is 0. The lowest BCUT2D eigenvalue weighted by molar-refractivity contribution is 0.0326. The third kappa shape index (κ3) is 1.12. The number of aliphatic hydroxyl groups is 2. The largest absolute Gasteiger partial charge is 0.390 e. The maximum absolute atomic E-state index is 9.47. The van der Waals surface area contributed by atoms with Crippen molar-refractivity contribution >= 4 is 11.6 Å². The van der Waals surface area contributed by atoms with Crippen LogP contribution in [0.2, 0.25) is 5.02 Å². The minimum Gasteiger partial charge on any atom is -0.390 e. The summed E-state index contributed by atoms with van der Waals surface area (Å²) in [5, 5.41) is 19.4. The van der Waals surface area contributed by atoms with Crippen LogP contribution in [-0.2, 0) is 6.42 Å². The molecule has 64 valence electrons. The molecule has 1 aromatic carbocycles. The summed E-state index contributed by atoms with van der Waals surface area (Å²) < 4.78 is 0. The summed E-state index contributed by atoms with van der Waals surface area (Å²) in [6.07, 6.45) is -0.912. The lowest BCUT2D eigenvalue weighted by Gasteiger charge is -2.07. The molecule has 0 bridgehead atoms. The third-order valence-electron chi connectivity index (χ3n) is 2.22. The molecule has 3 heteroatoms. The van der Waals surface area contributed by atoms with Crippen LogP contribution >= 0.6 is 11.6 Å². The zero-order valence-corrected chi connectivity index (χ0v) is 7.12. The van der Waals surface area contributed by atoms with Crippen molar-refractivity contribution in [2.75, 3.05) is 0 Å². The molecule has 2 atom stereocenters. The molecule has 0 aliphatic heterocycles. The predicted octanol–water partition coefficient (Wildman–Crippen LogP) is 1.29. The average molecular weight is 185 g/mol. The Morgan fingerprint density at radius 1 is 1.33 bits per heavy atom. The monoisotopic (exact) mass is 184 g/mol. The highest BCUT2D eigenvalue weighted by atomic mass is 35.5. The first-order valence-electron chi connectivity index (χ1n) is 3.83. The van der Waals surface area contributed by atoms with Gasteiger partial charge in [-0.3, -0.25) is 0 Å². The van der Waals surface area contributed by atoms with Gasteiger partial charge < -0.3 is 10.2 Å². The van der Waals surface area contributed by atoms with E-state index in [0.29, 0.717) is 11.4 Å². The van der Waals surface area contributed by atoms with Crippen molar-refractivity contribution in [2.24, 2.45) is 0 Å². The second-order valence-electron chi connectivity index (χ2n) is 3.06. The highest BCUT2D eigenvalue weighted by Crippen LogP contribution is 2.32. The second kappa shape index (κ2) is 2.73. The van der Waals surface area contributed by atoms with E-state index in [2.05, 4.69) is 0 Å². The van der Waals surface area contributed by atoms with Crippen molar-refractivity contribution in [2.45, 2.75) is 18.6 Å². The Morgan fingerprint density at radius 3 is 2.83 bits per heavy atom. The van der Waals surface area contributed by atoms with E-state index in [0.717, 1.165) is 11.1 Å². The first-order valence-corrected chi connectivity index (χ1v) is 4.21. The van der Waals surface area contributed by atoms with Gasteiger partial charge in [-0.25, -0.2) is 0 Å². The Labute approximate surface area is 75.4 Å². The molecule has 0 heterocycles. The maximum Gasteiger partial charge on any atom is 0.105 e. The van der Waals surface area contributed by atoms with Crippen LogP contribution in [0.1, 0.15) is 17.2 Å². The van der Waals surface area contributed by atoms with Crippen molar-refractivity contribution < 1.29 is 10.2 Å². The fraction of sp³-hybridized carbons (Fsp3) is 0.333. The van der Waals surface area contributed by atoms with Crippen LogP contribution in [0.25, 0.3) is 0 Å². The van der Waals surface area contributed by atoms with Crippen LogP contribution in [0.15, 0.2) is 18.2 Å². The molecule has 0 spiro atoms. The van der Waals surface area contributed by atoms with E-state index < -0.39 is 12.2 Å². The van der Waals surface area contributed by atoms with E-state index in [1.54, 1.807) is 12.1 Å². The van der Waals surface area contributed by atoms with Gasteiger partial charge in [0.25, 0.3) is 0 Å². The number of benzene rings is 1. The molecule has 1 aromatic rings. The van der Waals surface area contributed by atoms with Crippen LogP contribution in [0.4, 0.5) is 0 Å². The van der Waals surface area contributed by atoms with Crippen LogP contribution in [0.5, 0.6) is 0 Å². The zero-order valence-electron chi connectivity index (χ0n) is 6.37. The summed E-state index contributed by atoms with van der Waals surface area (Å²) in [5.41, 5.74) is 1.74. The van der Waals surface area contributed by atoms with Gasteiger partial charge in [-0.2, -0.15) is 0 Å². The molecule has 12 heavy (non-hydrogen) atoms. The molecule has 0 radical (unpaired) electrons. The van der Waals surface area contributed by atoms with Gasteiger partial charge >= 0.3 is 0 Å². The highest BCUT2D eigenvalue weighted by molar-refractivity contribution is 6.30. The number of halogens is 1. The first kappa shape index (κ1) is 8.05. The summed E-state index contributed by atoms with van der Waals surface area (Å²) >= 11 is 5.74. The van der Waals surface area contributed by atoms with Crippen LogP contribution in [0.3, 0.4) is 0 Å². The molecule has 0 amide bonds. The Morgan fingerprint density at radius 2 is 2.08 bits per heavy atom. The number of hydrogen-bond acceptors (Lipinski definition) is 2. The van der Waals surface area contributed by atoms with E-state index >= 15 is 0 Å². The molecular formula is C9H9ClO2. The summed E-state index contributed by atoms with van der Waals surface area (Å²) in [7, 11) is 0. The van der Waals surface area contributed by atoms with Crippen molar-refractivity contribution in [3.05, 3.63) is 34.3 Å². The van der Waals surface area contributed by atoms with E-state index in [1.807, 2.05) is 6.07 Å². The number of hydrogen-bond donors (Lipinski definition) is 2. The summed E-state index contributed by atoms with van der Waals surface area (Å²) in [6, 6.07) is 5.32. The average Bonchev–Trinajstić information content (AvgIpc) is 2.31.